The molecule has 5 nitrogen and oxygen atoms in total. The van der Waals surface area contributed by atoms with E-state index in [-0.39, 0.29) is 11.9 Å². The van der Waals surface area contributed by atoms with E-state index in [0.29, 0.717) is 32.6 Å². The van der Waals surface area contributed by atoms with Crippen molar-refractivity contribution in [2.75, 3.05) is 33.4 Å². The molecule has 1 aromatic rings. The van der Waals surface area contributed by atoms with E-state index >= 15 is 0 Å². The molecule has 0 aromatic carbocycles. The smallest absolute Gasteiger partial charge is 0.223 e. The summed E-state index contributed by atoms with van der Waals surface area (Å²) in [5, 5.41) is 3.11. The first kappa shape index (κ1) is 14.1. The van der Waals surface area contributed by atoms with Crippen molar-refractivity contribution in [1.29, 1.82) is 0 Å². The maximum absolute atomic E-state index is 12.3. The number of morpholine rings is 1. The van der Waals surface area contributed by atoms with Crippen molar-refractivity contribution in [3.05, 3.63) is 23.7 Å². The molecule has 1 amide bonds. The second-order valence-electron chi connectivity index (χ2n) is 4.89. The van der Waals surface area contributed by atoms with E-state index in [1.807, 2.05) is 31.0 Å². The fraction of sp³-hybridized carbons (Fsp3) is 0.643. The lowest BCUT2D eigenvalue weighted by atomic mass is 10.1. The normalized spacial score (nSPS) is 19.7. The van der Waals surface area contributed by atoms with Gasteiger partial charge in [0.25, 0.3) is 0 Å². The summed E-state index contributed by atoms with van der Waals surface area (Å²) in [4.78, 5) is 14.2. The Hall–Kier alpha value is -1.33. The molecule has 1 aliphatic rings. The number of hydrogen-bond donors (Lipinski definition) is 1. The molecule has 5 heteroatoms. The zero-order valence-electron chi connectivity index (χ0n) is 11.6. The standard InChI is InChI=1S/C14H22N2O3/c1-11-3-4-13(19-11)5-6-14(17)16-7-8-18-10-12(16)9-15-2/h3-4,12,15H,5-10H2,1-2H3. The SMILES string of the molecule is CNCC1COCCN1C(=O)CCc1ccc(C)o1. The van der Waals surface area contributed by atoms with Gasteiger partial charge in [-0.15, -0.1) is 0 Å². The van der Waals surface area contributed by atoms with Gasteiger partial charge in [-0.1, -0.05) is 0 Å². The number of furan rings is 1. The number of rotatable bonds is 5. The third kappa shape index (κ3) is 3.81. The Labute approximate surface area is 113 Å². The number of amides is 1. The van der Waals surface area contributed by atoms with Gasteiger partial charge in [0.2, 0.25) is 5.91 Å². The molecule has 1 saturated heterocycles. The molecule has 1 atom stereocenters. The Morgan fingerprint density at radius 3 is 3.05 bits per heavy atom. The second kappa shape index (κ2) is 6.73. The van der Waals surface area contributed by atoms with Crippen molar-refractivity contribution in [3.63, 3.8) is 0 Å². The van der Waals surface area contributed by atoms with Crippen molar-refractivity contribution in [1.82, 2.24) is 10.2 Å². The first-order valence-corrected chi connectivity index (χ1v) is 6.78. The molecule has 0 saturated carbocycles. The van der Waals surface area contributed by atoms with Crippen LogP contribution in [0, 0.1) is 6.92 Å². The molecule has 0 bridgehead atoms. The lowest BCUT2D eigenvalue weighted by Gasteiger charge is -2.35. The minimum atomic E-state index is 0.143. The number of hydrogen-bond acceptors (Lipinski definition) is 4. The van der Waals surface area contributed by atoms with Gasteiger partial charge in [0.05, 0.1) is 19.3 Å². The van der Waals surface area contributed by atoms with Crippen molar-refractivity contribution in [2.24, 2.45) is 0 Å². The lowest BCUT2D eigenvalue weighted by Crippen LogP contribution is -2.52. The van der Waals surface area contributed by atoms with Crippen LogP contribution in [0.15, 0.2) is 16.5 Å². The summed E-state index contributed by atoms with van der Waals surface area (Å²) >= 11 is 0. The maximum Gasteiger partial charge on any atom is 0.223 e. The Morgan fingerprint density at radius 2 is 2.37 bits per heavy atom. The highest BCUT2D eigenvalue weighted by Gasteiger charge is 2.26. The fourth-order valence-electron chi connectivity index (χ4n) is 2.38. The molecule has 1 unspecified atom stereocenters. The van der Waals surface area contributed by atoms with Gasteiger partial charge < -0.3 is 19.4 Å². The van der Waals surface area contributed by atoms with E-state index in [2.05, 4.69) is 5.32 Å². The van der Waals surface area contributed by atoms with Crippen molar-refractivity contribution in [2.45, 2.75) is 25.8 Å². The fourth-order valence-corrected chi connectivity index (χ4v) is 2.38. The summed E-state index contributed by atoms with van der Waals surface area (Å²) in [5.41, 5.74) is 0. The predicted octanol–water partition coefficient (Wildman–Crippen LogP) is 0.967. The average molecular weight is 266 g/mol. The zero-order valence-corrected chi connectivity index (χ0v) is 11.6. The summed E-state index contributed by atoms with van der Waals surface area (Å²) in [7, 11) is 1.89. The van der Waals surface area contributed by atoms with Gasteiger partial charge >= 0.3 is 0 Å². The third-order valence-corrected chi connectivity index (χ3v) is 3.37. The van der Waals surface area contributed by atoms with E-state index in [1.165, 1.54) is 0 Å². The number of nitrogens with zero attached hydrogens (tertiary/aromatic N) is 1. The van der Waals surface area contributed by atoms with Gasteiger partial charge in [0, 0.05) is 25.9 Å². The van der Waals surface area contributed by atoms with E-state index in [0.717, 1.165) is 18.1 Å². The molecular weight excluding hydrogens is 244 g/mol. The molecule has 19 heavy (non-hydrogen) atoms. The number of carbonyl (C=O) groups is 1. The summed E-state index contributed by atoms with van der Waals surface area (Å²) in [6, 6.07) is 4.01. The Kier molecular flexibility index (Phi) is 4.99. The van der Waals surface area contributed by atoms with E-state index < -0.39 is 0 Å². The van der Waals surface area contributed by atoms with Crippen LogP contribution in [0.3, 0.4) is 0 Å². The second-order valence-corrected chi connectivity index (χ2v) is 4.89. The van der Waals surface area contributed by atoms with Gasteiger partial charge in [0.15, 0.2) is 0 Å². The number of nitrogens with one attached hydrogen (secondary N) is 1. The topological polar surface area (TPSA) is 54.7 Å². The maximum atomic E-state index is 12.3. The molecule has 1 fully saturated rings. The molecule has 1 aliphatic heterocycles. The predicted molar refractivity (Wildman–Crippen MR) is 72.0 cm³/mol. The first-order valence-electron chi connectivity index (χ1n) is 6.78. The van der Waals surface area contributed by atoms with E-state index in [1.54, 1.807) is 0 Å². The molecule has 0 aliphatic carbocycles. The van der Waals surface area contributed by atoms with Crippen LogP contribution >= 0.6 is 0 Å². The summed E-state index contributed by atoms with van der Waals surface area (Å²) in [6.07, 6.45) is 1.16. The highest BCUT2D eigenvalue weighted by Crippen LogP contribution is 2.12. The van der Waals surface area contributed by atoms with Crippen LogP contribution in [0.4, 0.5) is 0 Å². The van der Waals surface area contributed by atoms with Crippen LogP contribution < -0.4 is 5.32 Å². The zero-order chi connectivity index (χ0) is 13.7. The Balaban J connectivity index is 1.86. The van der Waals surface area contributed by atoms with Gasteiger partial charge in [-0.2, -0.15) is 0 Å². The number of ether oxygens (including phenoxy) is 1. The minimum Gasteiger partial charge on any atom is -0.466 e. The van der Waals surface area contributed by atoms with Crippen LogP contribution in [-0.2, 0) is 16.0 Å². The molecule has 1 aromatic heterocycles. The molecule has 0 radical (unpaired) electrons. The van der Waals surface area contributed by atoms with Crippen molar-refractivity contribution < 1.29 is 13.9 Å². The van der Waals surface area contributed by atoms with Gasteiger partial charge in [-0.25, -0.2) is 0 Å². The molecule has 106 valence electrons. The molecule has 0 spiro atoms. The highest BCUT2D eigenvalue weighted by molar-refractivity contribution is 5.76. The van der Waals surface area contributed by atoms with E-state index in [9.17, 15) is 4.79 Å². The first-order chi connectivity index (χ1) is 9.20. The van der Waals surface area contributed by atoms with Crippen LogP contribution in [0.1, 0.15) is 17.9 Å². The Bertz CT molecular complexity index is 415. The largest absolute Gasteiger partial charge is 0.466 e. The molecular formula is C14H22N2O3. The van der Waals surface area contributed by atoms with Crippen LogP contribution in [0.5, 0.6) is 0 Å². The van der Waals surface area contributed by atoms with Crippen LogP contribution in [0.2, 0.25) is 0 Å². The van der Waals surface area contributed by atoms with Crippen molar-refractivity contribution >= 4 is 5.91 Å². The summed E-state index contributed by atoms with van der Waals surface area (Å²) < 4.78 is 10.9. The minimum absolute atomic E-state index is 0.143. The molecule has 2 rings (SSSR count). The molecule has 2 heterocycles. The highest BCUT2D eigenvalue weighted by atomic mass is 16.5. The van der Waals surface area contributed by atoms with Crippen LogP contribution in [-0.4, -0.2) is 50.2 Å². The lowest BCUT2D eigenvalue weighted by molar-refractivity contribution is -0.139. The number of aryl methyl sites for hydroxylation is 2. The molecule has 1 N–H and O–H groups in total. The number of carbonyl (C=O) groups excluding carboxylic acids is 1. The summed E-state index contributed by atoms with van der Waals surface area (Å²) in [6.45, 7) is 4.61. The quantitative estimate of drug-likeness (QED) is 0.862. The van der Waals surface area contributed by atoms with E-state index in [4.69, 9.17) is 9.15 Å². The Morgan fingerprint density at radius 1 is 1.53 bits per heavy atom. The van der Waals surface area contributed by atoms with Crippen LogP contribution in [0.25, 0.3) is 0 Å². The van der Waals surface area contributed by atoms with Gasteiger partial charge in [0.1, 0.15) is 11.5 Å². The van der Waals surface area contributed by atoms with Gasteiger partial charge in [-0.05, 0) is 26.1 Å². The number of likely N-dealkylation sites (N-methyl/N-ethyl adjacent to an activating group) is 1. The van der Waals surface area contributed by atoms with Gasteiger partial charge in [-0.3, -0.25) is 4.79 Å². The monoisotopic (exact) mass is 266 g/mol. The summed E-state index contributed by atoms with van der Waals surface area (Å²) in [5.74, 6) is 1.95. The average Bonchev–Trinajstić information content (AvgIpc) is 2.83. The third-order valence-electron chi connectivity index (χ3n) is 3.37. The van der Waals surface area contributed by atoms with Crippen molar-refractivity contribution in [3.8, 4) is 0 Å².